The summed E-state index contributed by atoms with van der Waals surface area (Å²) in [5.41, 5.74) is 15.2. The molecule has 0 aliphatic heterocycles. The second-order valence-electron chi connectivity index (χ2n) is 15.3. The molecule has 8 nitrogen and oxygen atoms in total. The van der Waals surface area contributed by atoms with Gasteiger partial charge in [0, 0.05) is 25.2 Å². The Morgan fingerprint density at radius 1 is 0.682 bits per heavy atom. The molecule has 0 aromatic carbocycles. The maximum atomic E-state index is 12.1. The Kier molecular flexibility index (Phi) is 12.2. The van der Waals surface area contributed by atoms with Gasteiger partial charge in [-0.1, -0.05) is 13.8 Å². The molecule has 4 N–H and O–H groups in total. The van der Waals surface area contributed by atoms with Gasteiger partial charge in [0.1, 0.15) is 11.2 Å². The molecule has 2 unspecified atom stereocenters. The number of nitrogens with zero attached hydrogens (tertiary/aromatic N) is 2. The van der Waals surface area contributed by atoms with Crippen LogP contribution in [0.5, 0.6) is 0 Å². The number of ether oxygens (including phenoxy) is 2. The van der Waals surface area contributed by atoms with E-state index in [-0.39, 0.29) is 11.9 Å². The molecule has 44 heavy (non-hydrogen) atoms. The highest BCUT2D eigenvalue weighted by Crippen LogP contribution is 2.43. The van der Waals surface area contributed by atoms with Crippen molar-refractivity contribution in [2.75, 3.05) is 11.5 Å². The van der Waals surface area contributed by atoms with Crippen molar-refractivity contribution in [3.63, 3.8) is 0 Å². The zero-order valence-corrected chi connectivity index (χ0v) is 28.3. The van der Waals surface area contributed by atoms with E-state index in [0.717, 1.165) is 49.9 Å². The monoisotopic (exact) mass is 608 g/mol. The van der Waals surface area contributed by atoms with E-state index in [2.05, 4.69) is 23.8 Å². The Labute approximate surface area is 265 Å². The summed E-state index contributed by atoms with van der Waals surface area (Å²) in [5, 5.41) is 0. The highest BCUT2D eigenvalue weighted by atomic mass is 16.6. The molecule has 8 heteroatoms. The van der Waals surface area contributed by atoms with Gasteiger partial charge in [0.15, 0.2) is 0 Å². The average Bonchev–Trinajstić information content (AvgIpc) is 2.86. The fourth-order valence-electron chi connectivity index (χ4n) is 7.15. The number of carbonyl (C=O) groups is 2. The molecule has 2 aromatic heterocycles. The molecule has 6 atom stereocenters. The first kappa shape index (κ1) is 35.3. The van der Waals surface area contributed by atoms with Gasteiger partial charge in [0.05, 0.1) is 23.8 Å². The van der Waals surface area contributed by atoms with Crippen molar-refractivity contribution < 1.29 is 19.1 Å². The second-order valence-corrected chi connectivity index (χ2v) is 15.3. The standard InChI is InChI=1S/2C18H28N2O2/c2*1-12-7-13(10-17(21)22-18(2,3)4)9-14(8-12)15-5-6-20-11-16(15)19/h2*5-6,11-14H,7-10,19H2,1-4H3/t2*12-,13+,14?/m10/s1. The number of aromatic nitrogens is 2. The maximum absolute atomic E-state index is 12.1. The van der Waals surface area contributed by atoms with Crippen molar-refractivity contribution in [1.29, 1.82) is 0 Å². The van der Waals surface area contributed by atoms with Crippen molar-refractivity contribution >= 4 is 23.3 Å². The normalized spacial score (nSPS) is 25.7. The van der Waals surface area contributed by atoms with Gasteiger partial charge in [0.25, 0.3) is 0 Å². The van der Waals surface area contributed by atoms with E-state index >= 15 is 0 Å². The Bertz CT molecular complexity index is 1140. The number of esters is 2. The SMILES string of the molecule is C[C@@H]1CC(c2ccncc2N)C[C@H](CC(=O)OC(C)(C)C)C1.C[C@H]1CC(c2ccncc2N)C[C@@H](CC(=O)OC(C)(C)C)C1. The van der Waals surface area contributed by atoms with Crippen molar-refractivity contribution in [3.05, 3.63) is 48.0 Å². The molecular weight excluding hydrogens is 552 g/mol. The van der Waals surface area contributed by atoms with Crippen LogP contribution in [0.3, 0.4) is 0 Å². The highest BCUT2D eigenvalue weighted by Gasteiger charge is 2.32. The van der Waals surface area contributed by atoms with Gasteiger partial charge in [0.2, 0.25) is 0 Å². The summed E-state index contributed by atoms with van der Waals surface area (Å²) in [6.07, 6.45) is 14.5. The molecule has 2 aromatic rings. The van der Waals surface area contributed by atoms with Crippen LogP contribution in [0.15, 0.2) is 36.9 Å². The summed E-state index contributed by atoms with van der Waals surface area (Å²) in [6, 6.07) is 4.03. The first-order valence-corrected chi connectivity index (χ1v) is 16.3. The van der Waals surface area contributed by atoms with Crippen LogP contribution in [0.4, 0.5) is 11.4 Å². The van der Waals surface area contributed by atoms with Gasteiger partial charge in [-0.25, -0.2) is 0 Å². The Morgan fingerprint density at radius 2 is 1.05 bits per heavy atom. The first-order valence-electron chi connectivity index (χ1n) is 16.3. The molecule has 2 saturated carbocycles. The lowest BCUT2D eigenvalue weighted by Gasteiger charge is -2.34. The molecule has 2 aliphatic carbocycles. The van der Waals surface area contributed by atoms with E-state index in [1.807, 2.05) is 53.7 Å². The number of carbonyl (C=O) groups excluding carboxylic acids is 2. The first-order chi connectivity index (χ1) is 20.5. The molecule has 0 spiro atoms. The number of rotatable bonds is 6. The van der Waals surface area contributed by atoms with Crippen LogP contribution in [0.2, 0.25) is 0 Å². The van der Waals surface area contributed by atoms with Crippen molar-refractivity contribution in [3.8, 4) is 0 Å². The van der Waals surface area contributed by atoms with Gasteiger partial charge in [-0.05, 0) is 139 Å². The maximum Gasteiger partial charge on any atom is 0.306 e. The predicted octanol–water partition coefficient (Wildman–Crippen LogP) is 7.83. The molecule has 4 rings (SSSR count). The van der Waals surface area contributed by atoms with Gasteiger partial charge >= 0.3 is 11.9 Å². The molecule has 0 saturated heterocycles. The quantitative estimate of drug-likeness (QED) is 0.317. The third kappa shape index (κ3) is 11.7. The van der Waals surface area contributed by atoms with Crippen LogP contribution in [-0.4, -0.2) is 33.1 Å². The Hall–Kier alpha value is -3.16. The lowest BCUT2D eigenvalue weighted by atomic mass is 9.72. The smallest absolute Gasteiger partial charge is 0.306 e. The zero-order valence-electron chi connectivity index (χ0n) is 28.3. The average molecular weight is 609 g/mol. The summed E-state index contributed by atoms with van der Waals surface area (Å²) in [5.74, 6) is 2.59. The minimum absolute atomic E-state index is 0.0898. The van der Waals surface area contributed by atoms with Crippen LogP contribution < -0.4 is 11.5 Å². The zero-order chi connectivity index (χ0) is 32.7. The molecule has 0 amide bonds. The summed E-state index contributed by atoms with van der Waals surface area (Å²) in [4.78, 5) is 32.3. The molecule has 0 bridgehead atoms. The summed E-state index contributed by atoms with van der Waals surface area (Å²) in [6.45, 7) is 16.0. The Balaban J connectivity index is 0.000000240. The lowest BCUT2D eigenvalue weighted by molar-refractivity contribution is -0.157. The number of hydrogen-bond donors (Lipinski definition) is 2. The molecular formula is C36H56N4O4. The van der Waals surface area contributed by atoms with Gasteiger partial charge in [-0.15, -0.1) is 0 Å². The fraction of sp³-hybridized carbons (Fsp3) is 0.667. The third-order valence-electron chi connectivity index (χ3n) is 8.49. The number of pyridine rings is 2. The number of nitrogen functional groups attached to an aromatic ring is 2. The van der Waals surface area contributed by atoms with Crippen molar-refractivity contribution in [2.45, 2.75) is 130 Å². The third-order valence-corrected chi connectivity index (χ3v) is 8.49. The van der Waals surface area contributed by atoms with Gasteiger partial charge < -0.3 is 20.9 Å². The minimum Gasteiger partial charge on any atom is -0.460 e. The largest absolute Gasteiger partial charge is 0.460 e. The summed E-state index contributed by atoms with van der Waals surface area (Å²) >= 11 is 0. The van der Waals surface area contributed by atoms with E-state index in [9.17, 15) is 9.59 Å². The predicted molar refractivity (Wildman–Crippen MR) is 177 cm³/mol. The molecule has 0 radical (unpaired) electrons. The lowest BCUT2D eigenvalue weighted by Crippen LogP contribution is -2.28. The molecule has 244 valence electrons. The number of nitrogens with two attached hydrogens (primary N) is 2. The van der Waals surface area contributed by atoms with Crippen LogP contribution in [-0.2, 0) is 19.1 Å². The summed E-state index contributed by atoms with van der Waals surface area (Å²) in [7, 11) is 0. The van der Waals surface area contributed by atoms with Gasteiger partial charge in [-0.3, -0.25) is 19.6 Å². The Morgan fingerprint density at radius 3 is 1.36 bits per heavy atom. The van der Waals surface area contributed by atoms with E-state index in [4.69, 9.17) is 20.9 Å². The molecule has 2 heterocycles. The molecule has 2 fully saturated rings. The van der Waals surface area contributed by atoms with E-state index in [1.165, 1.54) is 11.1 Å². The van der Waals surface area contributed by atoms with Gasteiger partial charge in [-0.2, -0.15) is 0 Å². The van der Waals surface area contributed by atoms with Crippen LogP contribution in [0.25, 0.3) is 0 Å². The van der Waals surface area contributed by atoms with Crippen molar-refractivity contribution in [2.24, 2.45) is 23.7 Å². The number of hydrogen-bond acceptors (Lipinski definition) is 8. The van der Waals surface area contributed by atoms with Crippen LogP contribution in [0, 0.1) is 23.7 Å². The highest BCUT2D eigenvalue weighted by molar-refractivity contribution is 5.70. The number of anilines is 2. The second kappa shape index (κ2) is 15.2. The fourth-order valence-corrected chi connectivity index (χ4v) is 7.15. The minimum atomic E-state index is -0.410. The topological polar surface area (TPSA) is 130 Å². The van der Waals surface area contributed by atoms with Crippen LogP contribution in [0.1, 0.15) is 130 Å². The van der Waals surface area contributed by atoms with Crippen molar-refractivity contribution in [1.82, 2.24) is 9.97 Å². The van der Waals surface area contributed by atoms with E-state index < -0.39 is 11.2 Å². The molecule has 2 aliphatic rings. The van der Waals surface area contributed by atoms with E-state index in [1.54, 1.807) is 24.8 Å². The summed E-state index contributed by atoms with van der Waals surface area (Å²) < 4.78 is 10.9. The van der Waals surface area contributed by atoms with E-state index in [0.29, 0.717) is 48.3 Å². The van der Waals surface area contributed by atoms with Crippen LogP contribution >= 0.6 is 0 Å².